The standard InChI is InChI=1S/C21H15Cl2N3O4S/c1-30-20-8-5-15(25-21(27)14-4-2-3-13(9-14)12-24)10-19(20)26-31(28,29)16-6-7-17(22)18(23)11-16/h2-11,26H,1H3,(H,25,27). The molecule has 0 spiro atoms. The number of nitrogens with one attached hydrogen (secondary N) is 2. The van der Waals surface area contributed by atoms with E-state index in [0.717, 1.165) is 0 Å². The first-order valence-electron chi connectivity index (χ1n) is 8.71. The van der Waals surface area contributed by atoms with Crippen LogP contribution in [0.5, 0.6) is 5.75 Å². The van der Waals surface area contributed by atoms with Crippen molar-refractivity contribution in [1.82, 2.24) is 0 Å². The molecule has 0 bridgehead atoms. The number of sulfonamides is 1. The Hall–Kier alpha value is -3.25. The Labute approximate surface area is 189 Å². The molecule has 31 heavy (non-hydrogen) atoms. The van der Waals surface area contributed by atoms with E-state index in [0.29, 0.717) is 11.3 Å². The van der Waals surface area contributed by atoms with Gasteiger partial charge in [-0.05, 0) is 54.6 Å². The maximum absolute atomic E-state index is 12.8. The second kappa shape index (κ2) is 9.27. The molecule has 3 rings (SSSR count). The first-order chi connectivity index (χ1) is 14.7. The Morgan fingerprint density at radius 3 is 2.48 bits per heavy atom. The summed E-state index contributed by atoms with van der Waals surface area (Å²) >= 11 is 11.8. The molecule has 0 radical (unpaired) electrons. The Kier molecular flexibility index (Phi) is 6.71. The molecule has 0 atom stereocenters. The molecule has 0 saturated heterocycles. The van der Waals surface area contributed by atoms with E-state index in [9.17, 15) is 13.2 Å². The number of rotatable bonds is 6. The van der Waals surface area contributed by atoms with Gasteiger partial charge in [-0.2, -0.15) is 5.26 Å². The molecular weight excluding hydrogens is 461 g/mol. The van der Waals surface area contributed by atoms with Gasteiger partial charge in [0.05, 0.1) is 39.4 Å². The summed E-state index contributed by atoms with van der Waals surface area (Å²) in [6.45, 7) is 0. The zero-order chi connectivity index (χ0) is 22.6. The molecule has 2 N–H and O–H groups in total. The first kappa shape index (κ1) is 22.4. The van der Waals surface area contributed by atoms with Gasteiger partial charge < -0.3 is 10.1 Å². The fourth-order valence-corrected chi connectivity index (χ4v) is 4.10. The lowest BCUT2D eigenvalue weighted by atomic mass is 10.1. The van der Waals surface area contributed by atoms with Gasteiger partial charge in [-0.3, -0.25) is 9.52 Å². The van der Waals surface area contributed by atoms with E-state index >= 15 is 0 Å². The van der Waals surface area contributed by atoms with Gasteiger partial charge in [0.2, 0.25) is 0 Å². The Balaban J connectivity index is 1.89. The molecule has 7 nitrogen and oxygen atoms in total. The lowest BCUT2D eigenvalue weighted by molar-refractivity contribution is 0.102. The molecule has 0 aromatic heterocycles. The highest BCUT2D eigenvalue weighted by Gasteiger charge is 2.19. The monoisotopic (exact) mass is 475 g/mol. The summed E-state index contributed by atoms with van der Waals surface area (Å²) in [6, 6.07) is 16.6. The molecule has 1 amide bonds. The fraction of sp³-hybridized carbons (Fsp3) is 0.0476. The normalized spacial score (nSPS) is 10.8. The topological polar surface area (TPSA) is 108 Å². The van der Waals surface area contributed by atoms with Crippen LogP contribution in [0.3, 0.4) is 0 Å². The summed E-state index contributed by atoms with van der Waals surface area (Å²) in [4.78, 5) is 12.4. The molecule has 0 aliphatic carbocycles. The maximum Gasteiger partial charge on any atom is 0.262 e. The smallest absolute Gasteiger partial charge is 0.262 e. The molecule has 10 heteroatoms. The van der Waals surface area contributed by atoms with Crippen molar-refractivity contribution in [2.75, 3.05) is 17.1 Å². The number of anilines is 2. The van der Waals surface area contributed by atoms with E-state index in [1.165, 1.54) is 43.5 Å². The molecule has 0 saturated carbocycles. The predicted molar refractivity (Wildman–Crippen MR) is 119 cm³/mol. The van der Waals surface area contributed by atoms with Gasteiger partial charge in [-0.15, -0.1) is 0 Å². The maximum atomic E-state index is 12.8. The van der Waals surface area contributed by atoms with Crippen LogP contribution in [-0.2, 0) is 10.0 Å². The third-order valence-corrected chi connectivity index (χ3v) is 6.26. The van der Waals surface area contributed by atoms with Crippen LogP contribution in [0, 0.1) is 11.3 Å². The van der Waals surface area contributed by atoms with Crippen LogP contribution >= 0.6 is 23.2 Å². The predicted octanol–water partition coefficient (Wildman–Crippen LogP) is 4.93. The van der Waals surface area contributed by atoms with Crippen LogP contribution in [0.25, 0.3) is 0 Å². The van der Waals surface area contributed by atoms with Gasteiger partial charge in [0, 0.05) is 11.3 Å². The van der Waals surface area contributed by atoms with E-state index in [2.05, 4.69) is 10.0 Å². The van der Waals surface area contributed by atoms with Crippen LogP contribution in [0.2, 0.25) is 10.0 Å². The van der Waals surface area contributed by atoms with Crippen LogP contribution in [0.1, 0.15) is 15.9 Å². The van der Waals surface area contributed by atoms with Gasteiger partial charge in [0.1, 0.15) is 5.75 Å². The lowest BCUT2D eigenvalue weighted by Crippen LogP contribution is -2.15. The summed E-state index contributed by atoms with van der Waals surface area (Å²) in [5.41, 5.74) is 1.06. The number of hydrogen-bond acceptors (Lipinski definition) is 5. The molecule has 0 fully saturated rings. The second-order valence-corrected chi connectivity index (χ2v) is 8.74. The minimum atomic E-state index is -4.01. The van der Waals surface area contributed by atoms with E-state index in [-0.39, 0.29) is 31.9 Å². The van der Waals surface area contributed by atoms with Crippen molar-refractivity contribution < 1.29 is 17.9 Å². The summed E-state index contributed by atoms with van der Waals surface area (Å²) in [7, 11) is -2.63. The molecule has 0 aliphatic heterocycles. The zero-order valence-electron chi connectivity index (χ0n) is 16.0. The quantitative estimate of drug-likeness (QED) is 0.525. The minimum absolute atomic E-state index is 0.0910. The molecule has 3 aromatic carbocycles. The number of methoxy groups -OCH3 is 1. The van der Waals surface area contributed by atoms with Crippen molar-refractivity contribution >= 4 is 50.5 Å². The fourth-order valence-electron chi connectivity index (χ4n) is 2.65. The Bertz CT molecular complexity index is 1300. The van der Waals surface area contributed by atoms with Crippen LogP contribution in [-0.4, -0.2) is 21.4 Å². The van der Waals surface area contributed by atoms with Crippen LogP contribution in [0.4, 0.5) is 11.4 Å². The highest BCUT2D eigenvalue weighted by atomic mass is 35.5. The van der Waals surface area contributed by atoms with E-state index in [4.69, 9.17) is 33.2 Å². The number of benzene rings is 3. The third kappa shape index (κ3) is 5.27. The molecule has 0 aliphatic rings. The van der Waals surface area contributed by atoms with Gasteiger partial charge in [-0.1, -0.05) is 29.3 Å². The average Bonchev–Trinajstić information content (AvgIpc) is 2.75. The van der Waals surface area contributed by atoms with Gasteiger partial charge in [0.25, 0.3) is 15.9 Å². The SMILES string of the molecule is COc1ccc(NC(=O)c2cccc(C#N)c2)cc1NS(=O)(=O)c1ccc(Cl)c(Cl)c1. The number of nitriles is 1. The van der Waals surface area contributed by atoms with Crippen molar-refractivity contribution in [2.24, 2.45) is 0 Å². The van der Waals surface area contributed by atoms with Crippen LogP contribution < -0.4 is 14.8 Å². The minimum Gasteiger partial charge on any atom is -0.495 e. The Morgan fingerprint density at radius 1 is 1.03 bits per heavy atom. The summed E-state index contributed by atoms with van der Waals surface area (Å²) in [6.07, 6.45) is 0. The molecule has 3 aromatic rings. The van der Waals surface area contributed by atoms with Crippen LogP contribution in [0.15, 0.2) is 65.6 Å². The lowest BCUT2D eigenvalue weighted by Gasteiger charge is -2.14. The number of nitrogens with zero attached hydrogens (tertiary/aromatic N) is 1. The van der Waals surface area contributed by atoms with Crippen molar-refractivity contribution in [2.45, 2.75) is 4.90 Å². The largest absolute Gasteiger partial charge is 0.495 e. The number of carbonyl (C=O) groups excluding carboxylic acids is 1. The Morgan fingerprint density at radius 2 is 1.81 bits per heavy atom. The van der Waals surface area contributed by atoms with Gasteiger partial charge in [-0.25, -0.2) is 8.42 Å². The number of carbonyl (C=O) groups is 1. The molecule has 0 unspecified atom stereocenters. The second-order valence-electron chi connectivity index (χ2n) is 6.24. The van der Waals surface area contributed by atoms with Crippen molar-refractivity contribution in [3.8, 4) is 11.8 Å². The van der Waals surface area contributed by atoms with Gasteiger partial charge in [0.15, 0.2) is 0 Å². The number of ether oxygens (including phenoxy) is 1. The number of hydrogen-bond donors (Lipinski definition) is 2. The van der Waals surface area contributed by atoms with E-state index < -0.39 is 15.9 Å². The van der Waals surface area contributed by atoms with Gasteiger partial charge >= 0.3 is 0 Å². The van der Waals surface area contributed by atoms with Crippen molar-refractivity contribution in [1.29, 1.82) is 5.26 Å². The number of amides is 1. The first-order valence-corrected chi connectivity index (χ1v) is 10.9. The summed E-state index contributed by atoms with van der Waals surface area (Å²) in [5, 5.41) is 12.0. The highest BCUT2D eigenvalue weighted by Crippen LogP contribution is 2.31. The van der Waals surface area contributed by atoms with Crippen molar-refractivity contribution in [3.05, 3.63) is 81.8 Å². The van der Waals surface area contributed by atoms with Crippen molar-refractivity contribution in [3.63, 3.8) is 0 Å². The summed E-state index contributed by atoms with van der Waals surface area (Å²) < 4.78 is 33.2. The molecule has 0 heterocycles. The van der Waals surface area contributed by atoms with E-state index in [1.807, 2.05) is 6.07 Å². The third-order valence-electron chi connectivity index (χ3n) is 4.16. The van der Waals surface area contributed by atoms with E-state index in [1.54, 1.807) is 24.3 Å². The average molecular weight is 476 g/mol. The zero-order valence-corrected chi connectivity index (χ0v) is 18.3. The highest BCUT2D eigenvalue weighted by molar-refractivity contribution is 7.92. The summed E-state index contributed by atoms with van der Waals surface area (Å²) in [5.74, 6) is -0.214. The molecular formula is C21H15Cl2N3O4S. The number of halogens is 2. The molecule has 158 valence electrons.